The molecule has 1 aliphatic carbocycles. The van der Waals surface area contributed by atoms with Gasteiger partial charge in [0, 0.05) is 36.7 Å². The summed E-state index contributed by atoms with van der Waals surface area (Å²) in [7, 11) is 0. The Morgan fingerprint density at radius 1 is 1.00 bits per heavy atom. The number of anilines is 1. The van der Waals surface area contributed by atoms with Gasteiger partial charge in [0.25, 0.3) is 0 Å². The summed E-state index contributed by atoms with van der Waals surface area (Å²) in [6, 6.07) is 18.5. The van der Waals surface area contributed by atoms with E-state index in [0.717, 1.165) is 62.2 Å². The van der Waals surface area contributed by atoms with E-state index >= 15 is 0 Å². The lowest BCUT2D eigenvalue weighted by Gasteiger charge is -2.26. The number of nitrogens with zero attached hydrogens (tertiary/aromatic N) is 3. The van der Waals surface area contributed by atoms with Crippen molar-refractivity contribution in [3.8, 4) is 5.69 Å². The van der Waals surface area contributed by atoms with Crippen LogP contribution in [0.15, 0.2) is 59.8 Å². The van der Waals surface area contributed by atoms with Gasteiger partial charge in [-0.2, -0.15) is 0 Å². The molecule has 3 aromatic rings. The SMILES string of the molecule is O=C(CSc1nc2c(n1-c1ccccc1)CCCC2)Nc1ccc(CN2CCOCC2)cc1. The number of fused-ring (bicyclic) bond motifs is 1. The first-order chi connectivity index (χ1) is 16.3. The summed E-state index contributed by atoms with van der Waals surface area (Å²) in [5.41, 5.74) is 5.68. The lowest BCUT2D eigenvalue weighted by Crippen LogP contribution is -2.35. The fourth-order valence-corrected chi connectivity index (χ4v) is 5.35. The number of imidazole rings is 1. The highest BCUT2D eigenvalue weighted by molar-refractivity contribution is 7.99. The van der Waals surface area contributed by atoms with Gasteiger partial charge in [0.1, 0.15) is 0 Å². The van der Waals surface area contributed by atoms with E-state index in [2.05, 4.69) is 51.2 Å². The van der Waals surface area contributed by atoms with Gasteiger partial charge in [-0.15, -0.1) is 0 Å². The number of benzene rings is 2. The molecule has 0 unspecified atom stereocenters. The van der Waals surface area contributed by atoms with Gasteiger partial charge >= 0.3 is 0 Å². The second-order valence-electron chi connectivity index (χ2n) is 8.59. The molecule has 7 heteroatoms. The molecule has 1 aliphatic heterocycles. The van der Waals surface area contributed by atoms with Crippen molar-refractivity contribution >= 4 is 23.4 Å². The van der Waals surface area contributed by atoms with Crippen LogP contribution in [0, 0.1) is 0 Å². The zero-order chi connectivity index (χ0) is 22.5. The van der Waals surface area contributed by atoms with Crippen molar-refractivity contribution in [1.29, 1.82) is 0 Å². The number of carbonyl (C=O) groups excluding carboxylic acids is 1. The van der Waals surface area contributed by atoms with Crippen LogP contribution in [-0.2, 0) is 28.9 Å². The first-order valence-corrected chi connectivity index (χ1v) is 12.7. The molecule has 0 spiro atoms. The summed E-state index contributed by atoms with van der Waals surface area (Å²) in [5, 5.41) is 3.94. The summed E-state index contributed by atoms with van der Waals surface area (Å²) in [6.07, 6.45) is 4.44. The Balaban J connectivity index is 1.21. The standard InChI is InChI=1S/C26H30N4O2S/c31-25(27-21-12-10-20(11-13-21)18-29-14-16-32-17-15-29)19-33-26-28-23-8-4-5-9-24(23)30(26)22-6-2-1-3-7-22/h1-3,6-7,10-13H,4-5,8-9,14-19H2,(H,27,31). The van der Waals surface area contributed by atoms with Gasteiger partial charge in [0.15, 0.2) is 5.16 Å². The first kappa shape index (κ1) is 22.2. The Morgan fingerprint density at radius 3 is 2.55 bits per heavy atom. The van der Waals surface area contributed by atoms with Crippen LogP contribution in [0.25, 0.3) is 5.69 Å². The molecule has 1 fully saturated rings. The third-order valence-corrected chi connectivity index (χ3v) is 7.14. The zero-order valence-corrected chi connectivity index (χ0v) is 19.7. The van der Waals surface area contributed by atoms with Crippen LogP contribution in [-0.4, -0.2) is 52.4 Å². The van der Waals surface area contributed by atoms with Crippen LogP contribution in [0.2, 0.25) is 0 Å². The minimum Gasteiger partial charge on any atom is -0.379 e. The molecule has 2 heterocycles. The van der Waals surface area contributed by atoms with Gasteiger partial charge in [-0.3, -0.25) is 14.3 Å². The average molecular weight is 463 g/mol. The number of aryl methyl sites for hydroxylation is 1. The molecule has 33 heavy (non-hydrogen) atoms. The molecule has 2 aromatic carbocycles. The monoisotopic (exact) mass is 462 g/mol. The Bertz CT molecular complexity index is 1080. The van der Waals surface area contributed by atoms with E-state index in [-0.39, 0.29) is 5.91 Å². The van der Waals surface area contributed by atoms with Crippen LogP contribution in [0.1, 0.15) is 29.8 Å². The number of rotatable bonds is 7. The molecule has 2 aliphatic rings. The molecule has 5 rings (SSSR count). The number of para-hydroxylation sites is 1. The summed E-state index contributed by atoms with van der Waals surface area (Å²) in [5.74, 6) is 0.319. The first-order valence-electron chi connectivity index (χ1n) is 11.7. The maximum atomic E-state index is 12.7. The Morgan fingerprint density at radius 2 is 1.76 bits per heavy atom. The lowest BCUT2D eigenvalue weighted by molar-refractivity contribution is -0.113. The van der Waals surface area contributed by atoms with Crippen molar-refractivity contribution in [3.05, 3.63) is 71.5 Å². The molecule has 0 radical (unpaired) electrons. The topological polar surface area (TPSA) is 59.4 Å². The zero-order valence-electron chi connectivity index (χ0n) is 18.8. The minimum atomic E-state index is -0.0125. The fraction of sp³-hybridized carbons (Fsp3) is 0.385. The molecule has 0 atom stereocenters. The third kappa shape index (κ3) is 5.49. The average Bonchev–Trinajstić information content (AvgIpc) is 3.24. The van der Waals surface area contributed by atoms with E-state index in [4.69, 9.17) is 9.72 Å². The van der Waals surface area contributed by atoms with E-state index in [1.165, 1.54) is 41.6 Å². The number of hydrogen-bond acceptors (Lipinski definition) is 5. The maximum Gasteiger partial charge on any atom is 0.234 e. The number of aromatic nitrogens is 2. The van der Waals surface area contributed by atoms with Gasteiger partial charge in [-0.25, -0.2) is 4.98 Å². The predicted octanol–water partition coefficient (Wildman–Crippen LogP) is 4.31. The van der Waals surface area contributed by atoms with Gasteiger partial charge in [-0.05, 0) is 55.5 Å². The summed E-state index contributed by atoms with van der Waals surface area (Å²) in [6.45, 7) is 4.46. The third-order valence-electron chi connectivity index (χ3n) is 6.20. The predicted molar refractivity (Wildman–Crippen MR) is 132 cm³/mol. The molecule has 1 N–H and O–H groups in total. The highest BCUT2D eigenvalue weighted by Gasteiger charge is 2.22. The summed E-state index contributed by atoms with van der Waals surface area (Å²) in [4.78, 5) is 20.0. The Labute approximate surface area is 199 Å². The summed E-state index contributed by atoms with van der Waals surface area (Å²) >= 11 is 1.51. The van der Waals surface area contributed by atoms with Crippen molar-refractivity contribution in [2.45, 2.75) is 37.4 Å². The Hall–Kier alpha value is -2.61. The number of hydrogen-bond donors (Lipinski definition) is 1. The highest BCUT2D eigenvalue weighted by atomic mass is 32.2. The van der Waals surface area contributed by atoms with Crippen molar-refractivity contribution in [2.75, 3.05) is 37.4 Å². The van der Waals surface area contributed by atoms with Gasteiger partial charge in [0.2, 0.25) is 5.91 Å². The molecule has 1 saturated heterocycles. The molecule has 6 nitrogen and oxygen atoms in total. The number of nitrogens with one attached hydrogen (secondary N) is 1. The maximum absolute atomic E-state index is 12.7. The van der Waals surface area contributed by atoms with E-state index in [0.29, 0.717) is 5.75 Å². The molecule has 172 valence electrons. The van der Waals surface area contributed by atoms with Crippen LogP contribution < -0.4 is 5.32 Å². The van der Waals surface area contributed by atoms with Crippen LogP contribution in [0.5, 0.6) is 0 Å². The smallest absolute Gasteiger partial charge is 0.234 e. The molecule has 0 saturated carbocycles. The van der Waals surface area contributed by atoms with Gasteiger partial charge < -0.3 is 10.1 Å². The largest absolute Gasteiger partial charge is 0.379 e. The van der Waals surface area contributed by atoms with E-state index in [1.54, 1.807) is 0 Å². The minimum absolute atomic E-state index is 0.0125. The van der Waals surface area contributed by atoms with Crippen molar-refractivity contribution in [2.24, 2.45) is 0 Å². The van der Waals surface area contributed by atoms with Crippen LogP contribution >= 0.6 is 11.8 Å². The van der Waals surface area contributed by atoms with Crippen LogP contribution in [0.3, 0.4) is 0 Å². The molecular formula is C26H30N4O2S. The van der Waals surface area contributed by atoms with E-state index < -0.39 is 0 Å². The van der Waals surface area contributed by atoms with Crippen molar-refractivity contribution in [1.82, 2.24) is 14.5 Å². The van der Waals surface area contributed by atoms with Gasteiger partial charge in [-0.1, -0.05) is 42.1 Å². The normalized spacial score (nSPS) is 16.4. The van der Waals surface area contributed by atoms with Crippen LogP contribution in [0.4, 0.5) is 5.69 Å². The second kappa shape index (κ2) is 10.5. The van der Waals surface area contributed by atoms with Crippen molar-refractivity contribution in [3.63, 3.8) is 0 Å². The number of amides is 1. The van der Waals surface area contributed by atoms with Crippen molar-refractivity contribution < 1.29 is 9.53 Å². The fourth-order valence-electron chi connectivity index (χ4n) is 4.49. The van der Waals surface area contributed by atoms with E-state index in [9.17, 15) is 4.79 Å². The molecule has 1 aromatic heterocycles. The van der Waals surface area contributed by atoms with E-state index in [1.807, 2.05) is 18.2 Å². The lowest BCUT2D eigenvalue weighted by atomic mass is 10.0. The second-order valence-corrected chi connectivity index (χ2v) is 9.53. The quantitative estimate of drug-likeness (QED) is 0.530. The van der Waals surface area contributed by atoms with Gasteiger partial charge in [0.05, 0.1) is 24.7 Å². The number of ether oxygens (including phenoxy) is 1. The number of thioether (sulfide) groups is 1. The number of carbonyl (C=O) groups is 1. The molecule has 1 amide bonds. The molecule has 0 bridgehead atoms. The number of morpholine rings is 1. The molecular weight excluding hydrogens is 432 g/mol. The highest BCUT2D eigenvalue weighted by Crippen LogP contribution is 2.30. The Kier molecular flexibility index (Phi) is 7.09. The summed E-state index contributed by atoms with van der Waals surface area (Å²) < 4.78 is 7.66.